The minimum atomic E-state index is -1.39. The molecule has 194 valence electrons. The fourth-order valence-corrected chi connectivity index (χ4v) is 5.83. The van der Waals surface area contributed by atoms with Crippen LogP contribution in [0.25, 0.3) is 0 Å². The van der Waals surface area contributed by atoms with Crippen molar-refractivity contribution in [2.75, 3.05) is 26.9 Å². The van der Waals surface area contributed by atoms with Crippen molar-refractivity contribution in [1.82, 2.24) is 5.32 Å². The van der Waals surface area contributed by atoms with Crippen molar-refractivity contribution in [3.63, 3.8) is 0 Å². The van der Waals surface area contributed by atoms with Gasteiger partial charge >= 0.3 is 11.9 Å². The van der Waals surface area contributed by atoms with E-state index in [1.807, 2.05) is 0 Å². The van der Waals surface area contributed by atoms with E-state index in [0.717, 1.165) is 32.1 Å². The maximum Gasteiger partial charge on any atom is 0.372 e. The van der Waals surface area contributed by atoms with E-state index < -0.39 is 35.0 Å². The van der Waals surface area contributed by atoms with Crippen molar-refractivity contribution < 1.29 is 38.9 Å². The molecular formula is C25H41NO8. The third-order valence-electron chi connectivity index (χ3n) is 7.69. The molecule has 1 amide bonds. The quantitative estimate of drug-likeness (QED) is 0.239. The maximum atomic E-state index is 13.6. The van der Waals surface area contributed by atoms with Crippen LogP contribution in [0.15, 0.2) is 0 Å². The summed E-state index contributed by atoms with van der Waals surface area (Å²) in [5.74, 6) is -4.22. The van der Waals surface area contributed by atoms with E-state index in [-0.39, 0.29) is 30.9 Å². The number of unbranched alkanes of at least 4 members (excludes halogenated alkanes) is 1. The zero-order valence-electron chi connectivity index (χ0n) is 20.6. The molecule has 9 heteroatoms. The summed E-state index contributed by atoms with van der Waals surface area (Å²) in [7, 11) is 1.57. The number of aliphatic carboxylic acids is 2. The molecule has 34 heavy (non-hydrogen) atoms. The summed E-state index contributed by atoms with van der Waals surface area (Å²) in [6.07, 6.45) is 6.99. The van der Waals surface area contributed by atoms with Gasteiger partial charge in [0.25, 0.3) is 0 Å². The second-order valence-electron chi connectivity index (χ2n) is 9.89. The normalized spacial score (nSPS) is 24.9. The fraction of sp³-hybridized carbons (Fsp3) is 0.840. The first-order chi connectivity index (χ1) is 16.2. The molecule has 0 saturated heterocycles. The minimum Gasteiger partial charge on any atom is -0.481 e. The van der Waals surface area contributed by atoms with Crippen molar-refractivity contribution in [2.24, 2.45) is 23.2 Å². The number of hydrogen-bond donors (Lipinski definition) is 3. The first-order valence-corrected chi connectivity index (χ1v) is 12.6. The molecule has 3 N–H and O–H groups in total. The molecule has 0 aliphatic heterocycles. The number of carbonyl (C=O) groups excluding carboxylic acids is 2. The molecule has 2 aliphatic carbocycles. The summed E-state index contributed by atoms with van der Waals surface area (Å²) in [5.41, 5.74) is -0.794. The van der Waals surface area contributed by atoms with Gasteiger partial charge in [-0.2, -0.15) is 0 Å². The largest absolute Gasteiger partial charge is 0.481 e. The van der Waals surface area contributed by atoms with E-state index in [1.54, 1.807) is 7.11 Å². The fourth-order valence-electron chi connectivity index (χ4n) is 5.83. The summed E-state index contributed by atoms with van der Waals surface area (Å²) >= 11 is 0. The molecule has 9 nitrogen and oxygen atoms in total. The Kier molecular flexibility index (Phi) is 11.4. The number of carboxylic acids is 2. The van der Waals surface area contributed by atoms with Gasteiger partial charge in [-0.05, 0) is 44.4 Å². The molecule has 4 atom stereocenters. The highest BCUT2D eigenvalue weighted by Gasteiger charge is 2.49. The van der Waals surface area contributed by atoms with Crippen LogP contribution in [0.4, 0.5) is 0 Å². The molecule has 4 unspecified atom stereocenters. The summed E-state index contributed by atoms with van der Waals surface area (Å²) in [4.78, 5) is 48.8. The zero-order valence-corrected chi connectivity index (χ0v) is 20.6. The molecule has 0 bridgehead atoms. The lowest BCUT2D eigenvalue weighted by Gasteiger charge is -2.40. The first kappa shape index (κ1) is 28.2. The lowest BCUT2D eigenvalue weighted by molar-refractivity contribution is -0.153. The van der Waals surface area contributed by atoms with Crippen molar-refractivity contribution in [3.05, 3.63) is 0 Å². The average Bonchev–Trinajstić information content (AvgIpc) is 3.30. The second kappa shape index (κ2) is 13.8. The van der Waals surface area contributed by atoms with E-state index in [4.69, 9.17) is 9.47 Å². The number of methoxy groups -OCH3 is 1. The Hall–Kier alpha value is -2.00. The monoisotopic (exact) mass is 483 g/mol. The lowest BCUT2D eigenvalue weighted by atomic mass is 9.70. The lowest BCUT2D eigenvalue weighted by Crippen LogP contribution is -2.51. The predicted octanol–water partition coefficient (Wildman–Crippen LogP) is 3.05. The molecule has 2 aliphatic rings. The Labute approximate surface area is 201 Å². The predicted molar refractivity (Wildman–Crippen MR) is 124 cm³/mol. The van der Waals surface area contributed by atoms with Crippen molar-refractivity contribution >= 4 is 23.6 Å². The van der Waals surface area contributed by atoms with Crippen LogP contribution < -0.4 is 5.32 Å². The van der Waals surface area contributed by atoms with Gasteiger partial charge < -0.3 is 25.0 Å². The summed E-state index contributed by atoms with van der Waals surface area (Å²) in [6, 6.07) is -0.149. The third-order valence-corrected chi connectivity index (χ3v) is 7.69. The Morgan fingerprint density at radius 1 is 1.09 bits per heavy atom. The maximum absolute atomic E-state index is 13.6. The number of nitrogens with one attached hydrogen (secondary N) is 1. The second-order valence-corrected chi connectivity index (χ2v) is 9.89. The van der Waals surface area contributed by atoms with Crippen LogP contribution in [0.1, 0.15) is 77.6 Å². The van der Waals surface area contributed by atoms with Crippen LogP contribution in [-0.2, 0) is 28.7 Å². The van der Waals surface area contributed by atoms with Gasteiger partial charge in [0.1, 0.15) is 0 Å². The summed E-state index contributed by atoms with van der Waals surface area (Å²) < 4.78 is 10.7. The number of amides is 1. The van der Waals surface area contributed by atoms with Crippen LogP contribution >= 0.6 is 0 Å². The number of carboxylic acid groups (broad SMARTS) is 2. The van der Waals surface area contributed by atoms with E-state index in [0.29, 0.717) is 45.3 Å². The number of ether oxygens (including phenoxy) is 2. The highest BCUT2D eigenvalue weighted by atomic mass is 16.5. The molecule has 0 spiro atoms. The third kappa shape index (κ3) is 7.50. The Morgan fingerprint density at radius 3 is 2.38 bits per heavy atom. The molecule has 0 aromatic rings. The first-order valence-electron chi connectivity index (χ1n) is 12.6. The molecule has 0 radical (unpaired) electrons. The van der Waals surface area contributed by atoms with Crippen LogP contribution in [0.2, 0.25) is 0 Å². The van der Waals surface area contributed by atoms with Gasteiger partial charge in [0.05, 0.1) is 31.7 Å². The van der Waals surface area contributed by atoms with Gasteiger partial charge in [0, 0.05) is 25.0 Å². The van der Waals surface area contributed by atoms with Gasteiger partial charge in [-0.15, -0.1) is 0 Å². The number of hydrogen-bond acceptors (Lipinski definition) is 6. The Bertz CT molecular complexity index is 703. The van der Waals surface area contributed by atoms with Crippen molar-refractivity contribution in [2.45, 2.75) is 83.6 Å². The van der Waals surface area contributed by atoms with Gasteiger partial charge in [-0.25, -0.2) is 4.79 Å². The van der Waals surface area contributed by atoms with Crippen LogP contribution in [0.3, 0.4) is 0 Å². The Balaban J connectivity index is 2.13. The highest BCUT2D eigenvalue weighted by Crippen LogP contribution is 2.47. The van der Waals surface area contributed by atoms with E-state index >= 15 is 0 Å². The summed E-state index contributed by atoms with van der Waals surface area (Å²) in [6.45, 7) is 2.97. The van der Waals surface area contributed by atoms with E-state index in [1.165, 1.54) is 0 Å². The van der Waals surface area contributed by atoms with Crippen LogP contribution in [-0.4, -0.2) is 66.8 Å². The average molecular weight is 484 g/mol. The van der Waals surface area contributed by atoms with Gasteiger partial charge in [0.15, 0.2) is 0 Å². The van der Waals surface area contributed by atoms with Crippen molar-refractivity contribution in [1.29, 1.82) is 0 Å². The summed E-state index contributed by atoms with van der Waals surface area (Å²) in [5, 5.41) is 21.9. The van der Waals surface area contributed by atoms with Gasteiger partial charge in [-0.1, -0.05) is 32.6 Å². The van der Waals surface area contributed by atoms with Crippen LogP contribution in [0, 0.1) is 23.2 Å². The van der Waals surface area contributed by atoms with Gasteiger partial charge in [-0.3, -0.25) is 14.4 Å². The molecule has 2 saturated carbocycles. The molecule has 0 aromatic carbocycles. The minimum absolute atomic E-state index is 0.0747. The van der Waals surface area contributed by atoms with E-state index in [9.17, 15) is 29.4 Å². The molecule has 2 rings (SSSR count). The van der Waals surface area contributed by atoms with Gasteiger partial charge in [0.2, 0.25) is 11.7 Å². The van der Waals surface area contributed by atoms with Crippen molar-refractivity contribution in [3.8, 4) is 0 Å². The highest BCUT2D eigenvalue weighted by molar-refractivity contribution is 6.33. The molecule has 0 aromatic heterocycles. The topological polar surface area (TPSA) is 139 Å². The standard InChI is InChI=1S/C25H41NO8/c1-3-4-7-17-14-19(8-9-20(17)22(29)23(30)31)26-24(32)25(10-5-6-11-25)18(15-21(27)28)16-34-13-12-33-2/h17-20H,3-16H2,1-2H3,(H,26,32)(H,27,28)(H,30,31). The number of ketones is 1. The zero-order chi connectivity index (χ0) is 25.1. The SMILES string of the molecule is CCCCC1CC(NC(=O)C2(C(COCCOC)CC(=O)O)CCCC2)CCC1C(=O)C(=O)O. The number of Topliss-reactive ketones (excluding diaryl/α,β-unsaturated/α-hetero) is 1. The Morgan fingerprint density at radius 2 is 1.79 bits per heavy atom. The molecule has 2 fully saturated rings. The molecule has 0 heterocycles. The van der Waals surface area contributed by atoms with Crippen LogP contribution in [0.5, 0.6) is 0 Å². The number of carbonyl (C=O) groups is 4. The van der Waals surface area contributed by atoms with E-state index in [2.05, 4.69) is 12.2 Å². The smallest absolute Gasteiger partial charge is 0.372 e. The number of rotatable bonds is 15. The molecular weight excluding hydrogens is 442 g/mol.